The number of nitrogens with zero attached hydrogens (tertiary/aromatic N) is 3. The van der Waals surface area contributed by atoms with Gasteiger partial charge in [-0.2, -0.15) is 0 Å². The Morgan fingerprint density at radius 2 is 0.967 bits per heavy atom. The Balaban J connectivity index is 0.946. The monoisotopic (exact) mass is 769 g/mol. The van der Waals surface area contributed by atoms with E-state index in [1.165, 1.54) is 99.8 Å². The molecule has 60 heavy (non-hydrogen) atoms. The van der Waals surface area contributed by atoms with Crippen LogP contribution in [0.25, 0.3) is 77.2 Å². The molecule has 1 aliphatic carbocycles. The standard InChI is InChI=1S/C57H43N3/c1-57(2)49-21-11-14-24-55(49)60(44-30-25-38(26-31-44)39-27-32-53-47(35-39)45-19-9-12-22-51(45)58(53)42-15-5-3-6-16-42)56-34-29-41(37-50(56)57)40-28-33-54-48(36-40)46-20-10-13-23-52(46)59(54)43-17-7-4-8-18-43/h3-5,7-15,17-37H,6,16H2,1-2H3. The van der Waals surface area contributed by atoms with E-state index in [1.54, 1.807) is 0 Å². The minimum atomic E-state index is -0.204. The molecule has 0 spiro atoms. The Hall–Kier alpha value is -7.36. The lowest BCUT2D eigenvalue weighted by Crippen LogP contribution is -2.30. The number of aromatic nitrogens is 2. The summed E-state index contributed by atoms with van der Waals surface area (Å²) in [5.41, 5.74) is 18.4. The third-order valence-corrected chi connectivity index (χ3v) is 13.2. The summed E-state index contributed by atoms with van der Waals surface area (Å²) in [7, 11) is 0. The zero-order valence-electron chi connectivity index (χ0n) is 33.8. The molecular weight excluding hydrogens is 727 g/mol. The van der Waals surface area contributed by atoms with Crippen LogP contribution in [0, 0.1) is 0 Å². The molecule has 3 heterocycles. The highest BCUT2D eigenvalue weighted by Crippen LogP contribution is 2.53. The number of para-hydroxylation sites is 4. The molecule has 0 saturated carbocycles. The van der Waals surface area contributed by atoms with Gasteiger partial charge in [-0.1, -0.05) is 129 Å². The van der Waals surface area contributed by atoms with E-state index >= 15 is 0 Å². The molecule has 0 fully saturated rings. The molecule has 0 N–H and O–H groups in total. The van der Waals surface area contributed by atoms with E-state index in [-0.39, 0.29) is 5.41 Å². The van der Waals surface area contributed by atoms with Crippen molar-refractivity contribution >= 4 is 66.4 Å². The van der Waals surface area contributed by atoms with Gasteiger partial charge < -0.3 is 14.0 Å². The van der Waals surface area contributed by atoms with Crippen molar-refractivity contribution in [3.63, 3.8) is 0 Å². The van der Waals surface area contributed by atoms with E-state index in [1.807, 2.05) is 0 Å². The first kappa shape index (κ1) is 34.7. The van der Waals surface area contributed by atoms with E-state index in [4.69, 9.17) is 0 Å². The molecule has 0 saturated heterocycles. The first-order valence-corrected chi connectivity index (χ1v) is 21.2. The maximum absolute atomic E-state index is 2.46. The van der Waals surface area contributed by atoms with Crippen molar-refractivity contribution in [1.29, 1.82) is 0 Å². The highest BCUT2D eigenvalue weighted by atomic mass is 15.2. The lowest BCUT2D eigenvalue weighted by atomic mass is 9.73. The molecule has 0 unspecified atom stereocenters. The maximum Gasteiger partial charge on any atom is 0.0541 e. The average Bonchev–Trinajstić information content (AvgIpc) is 3.82. The number of anilines is 3. The zero-order valence-corrected chi connectivity index (χ0v) is 33.8. The second kappa shape index (κ2) is 13.3. The average molecular weight is 770 g/mol. The van der Waals surface area contributed by atoms with Crippen LogP contribution in [-0.4, -0.2) is 9.13 Å². The van der Waals surface area contributed by atoms with E-state index in [9.17, 15) is 0 Å². The summed E-state index contributed by atoms with van der Waals surface area (Å²) in [5.74, 6) is 0. The van der Waals surface area contributed by atoms with Gasteiger partial charge in [0, 0.05) is 44.0 Å². The molecule has 3 nitrogen and oxygen atoms in total. The van der Waals surface area contributed by atoms with Crippen molar-refractivity contribution in [3.8, 4) is 27.9 Å². The van der Waals surface area contributed by atoms with Crippen molar-refractivity contribution < 1.29 is 0 Å². The van der Waals surface area contributed by atoms with E-state index < -0.39 is 0 Å². The highest BCUT2D eigenvalue weighted by Gasteiger charge is 2.37. The normalized spacial score (nSPS) is 14.5. The van der Waals surface area contributed by atoms with Gasteiger partial charge in [0.05, 0.1) is 33.4 Å². The van der Waals surface area contributed by atoms with Gasteiger partial charge in [-0.15, -0.1) is 0 Å². The van der Waals surface area contributed by atoms with E-state index in [0.717, 1.165) is 18.5 Å². The predicted molar refractivity (Wildman–Crippen MR) is 254 cm³/mol. The number of rotatable bonds is 5. The fourth-order valence-electron chi connectivity index (χ4n) is 10.2. The van der Waals surface area contributed by atoms with Crippen LogP contribution in [0.1, 0.15) is 37.8 Å². The van der Waals surface area contributed by atoms with Crippen LogP contribution in [0.15, 0.2) is 200 Å². The molecular formula is C57H43N3. The molecule has 0 radical (unpaired) electrons. The molecule has 2 aliphatic rings. The third-order valence-electron chi connectivity index (χ3n) is 13.2. The Kier molecular flexibility index (Phi) is 7.71. The molecule has 12 rings (SSSR count). The quantitative estimate of drug-likeness (QED) is 0.170. The Bertz CT molecular complexity index is 3390. The summed E-state index contributed by atoms with van der Waals surface area (Å²) in [5, 5.41) is 5.12. The van der Waals surface area contributed by atoms with E-state index in [2.05, 4.69) is 228 Å². The Morgan fingerprint density at radius 3 is 1.68 bits per heavy atom. The number of allylic oxidation sites excluding steroid dienone is 4. The Morgan fingerprint density at radius 1 is 0.417 bits per heavy atom. The predicted octanol–water partition coefficient (Wildman–Crippen LogP) is 15.5. The molecule has 0 amide bonds. The van der Waals surface area contributed by atoms with Crippen LogP contribution in [0.4, 0.5) is 17.1 Å². The maximum atomic E-state index is 2.46. The van der Waals surface area contributed by atoms with E-state index in [0.29, 0.717) is 0 Å². The topological polar surface area (TPSA) is 13.1 Å². The minimum Gasteiger partial charge on any atom is -0.313 e. The van der Waals surface area contributed by atoms with Crippen LogP contribution < -0.4 is 4.90 Å². The van der Waals surface area contributed by atoms with Crippen LogP contribution in [-0.2, 0) is 5.41 Å². The van der Waals surface area contributed by atoms with Crippen LogP contribution in [0.5, 0.6) is 0 Å². The molecule has 3 heteroatoms. The molecule has 286 valence electrons. The van der Waals surface area contributed by atoms with Crippen molar-refractivity contribution in [2.45, 2.75) is 32.1 Å². The number of benzene rings is 8. The van der Waals surface area contributed by atoms with Gasteiger partial charge in [-0.25, -0.2) is 0 Å². The largest absolute Gasteiger partial charge is 0.313 e. The second-order valence-electron chi connectivity index (χ2n) is 16.9. The molecule has 1 aliphatic heterocycles. The van der Waals surface area contributed by atoms with Gasteiger partial charge >= 0.3 is 0 Å². The molecule has 0 atom stereocenters. The third kappa shape index (κ3) is 5.22. The SMILES string of the molecule is CC1(C)c2ccccc2N(c2ccc(-c3ccc4c(c3)c3ccccc3n4C3=CC=CCC3)cc2)c2ccc(-c3ccc4c(c3)c3ccccc3n4-c3ccccc3)cc21. The van der Waals surface area contributed by atoms with Gasteiger partial charge in [0.15, 0.2) is 0 Å². The zero-order chi connectivity index (χ0) is 40.0. The molecule has 2 aromatic heterocycles. The Labute approximate surface area is 350 Å². The van der Waals surface area contributed by atoms with Crippen molar-refractivity contribution in [1.82, 2.24) is 9.13 Å². The fourth-order valence-corrected chi connectivity index (χ4v) is 10.2. The molecule has 10 aromatic rings. The summed E-state index contributed by atoms with van der Waals surface area (Å²) in [4.78, 5) is 2.46. The minimum absolute atomic E-state index is 0.204. The van der Waals surface area contributed by atoms with Gasteiger partial charge in [0.2, 0.25) is 0 Å². The van der Waals surface area contributed by atoms with Gasteiger partial charge in [-0.05, 0) is 131 Å². The summed E-state index contributed by atoms with van der Waals surface area (Å²) in [6.07, 6.45) is 8.85. The van der Waals surface area contributed by atoms with Crippen LogP contribution >= 0.6 is 0 Å². The fraction of sp³-hybridized carbons (Fsp3) is 0.0877. The first-order chi connectivity index (χ1) is 29.5. The van der Waals surface area contributed by atoms with Crippen molar-refractivity contribution in [2.75, 3.05) is 4.90 Å². The second-order valence-corrected chi connectivity index (χ2v) is 16.9. The first-order valence-electron chi connectivity index (χ1n) is 21.2. The highest BCUT2D eigenvalue weighted by molar-refractivity contribution is 6.12. The van der Waals surface area contributed by atoms with Gasteiger partial charge in [-0.3, -0.25) is 0 Å². The smallest absolute Gasteiger partial charge is 0.0541 e. The van der Waals surface area contributed by atoms with Crippen molar-refractivity contribution in [3.05, 3.63) is 211 Å². The van der Waals surface area contributed by atoms with Gasteiger partial charge in [0.1, 0.15) is 0 Å². The van der Waals surface area contributed by atoms with Crippen LogP contribution in [0.2, 0.25) is 0 Å². The van der Waals surface area contributed by atoms with Crippen LogP contribution in [0.3, 0.4) is 0 Å². The number of hydrogen-bond acceptors (Lipinski definition) is 1. The van der Waals surface area contributed by atoms with Gasteiger partial charge in [0.25, 0.3) is 0 Å². The molecule has 0 bridgehead atoms. The van der Waals surface area contributed by atoms with Crippen molar-refractivity contribution in [2.24, 2.45) is 0 Å². The lowest BCUT2D eigenvalue weighted by Gasteiger charge is -2.42. The summed E-state index contributed by atoms with van der Waals surface area (Å²) in [6, 6.07) is 67.5. The number of hydrogen-bond donors (Lipinski definition) is 0. The summed E-state index contributed by atoms with van der Waals surface area (Å²) >= 11 is 0. The number of fused-ring (bicyclic) bond motifs is 8. The summed E-state index contributed by atoms with van der Waals surface area (Å²) < 4.78 is 4.84. The lowest BCUT2D eigenvalue weighted by molar-refractivity contribution is 0.632. The molecule has 8 aromatic carbocycles. The summed E-state index contributed by atoms with van der Waals surface area (Å²) in [6.45, 7) is 4.75.